The fourth-order valence-electron chi connectivity index (χ4n) is 2.63. The first-order chi connectivity index (χ1) is 11.6. The molecule has 1 aliphatic heterocycles. The average Bonchev–Trinajstić information content (AvgIpc) is 3.17. The lowest BCUT2D eigenvalue weighted by atomic mass is 10.0. The van der Waals surface area contributed by atoms with Crippen LogP contribution in [0.15, 0.2) is 24.3 Å². The van der Waals surface area contributed by atoms with Gasteiger partial charge in [0.15, 0.2) is 0 Å². The maximum absolute atomic E-state index is 12.0. The molecular formula is C17H19N3O3S. The molecule has 1 fully saturated rings. The molecule has 1 atom stereocenters. The van der Waals surface area contributed by atoms with Gasteiger partial charge >= 0.3 is 5.97 Å². The van der Waals surface area contributed by atoms with Crippen LogP contribution < -0.4 is 5.32 Å². The van der Waals surface area contributed by atoms with E-state index in [1.807, 2.05) is 12.1 Å². The molecule has 1 N–H and O–H groups in total. The number of aryl methyl sites for hydroxylation is 1. The maximum atomic E-state index is 12.0. The number of carbonyl (C=O) groups excluding carboxylic acids is 2. The number of esters is 1. The first-order valence-corrected chi connectivity index (χ1v) is 8.77. The first-order valence-electron chi connectivity index (χ1n) is 7.95. The third kappa shape index (κ3) is 4.17. The molecule has 1 aromatic heterocycles. The van der Waals surface area contributed by atoms with Crippen molar-refractivity contribution in [1.29, 1.82) is 0 Å². The van der Waals surface area contributed by atoms with E-state index in [1.165, 1.54) is 22.5 Å². The lowest BCUT2D eigenvalue weighted by molar-refractivity contribution is -0.141. The minimum atomic E-state index is -0.195. The zero-order valence-corrected chi connectivity index (χ0v) is 14.3. The summed E-state index contributed by atoms with van der Waals surface area (Å²) in [5.41, 5.74) is 2.41. The fraction of sp³-hybridized carbons (Fsp3) is 0.412. The quantitative estimate of drug-likeness (QED) is 0.814. The van der Waals surface area contributed by atoms with E-state index in [2.05, 4.69) is 34.6 Å². The Bertz CT molecular complexity index is 744. The summed E-state index contributed by atoms with van der Waals surface area (Å²) in [5, 5.41) is 12.3. The molecule has 0 bridgehead atoms. The van der Waals surface area contributed by atoms with E-state index in [0.717, 1.165) is 5.01 Å². The third-order valence-electron chi connectivity index (χ3n) is 4.08. The molecule has 1 aliphatic rings. The van der Waals surface area contributed by atoms with Gasteiger partial charge in [0, 0.05) is 12.8 Å². The molecule has 126 valence electrons. The van der Waals surface area contributed by atoms with Crippen molar-refractivity contribution in [3.8, 4) is 0 Å². The smallest absolute Gasteiger partial charge is 0.309 e. The monoisotopic (exact) mass is 345 g/mol. The highest BCUT2D eigenvalue weighted by Crippen LogP contribution is 2.22. The van der Waals surface area contributed by atoms with Gasteiger partial charge in [-0.25, -0.2) is 0 Å². The standard InChI is InChI=1S/C17H19N3O3S/c1-11-4-2-3-5-13(11)10-15-19-20-17(24-15)18-14(21)7-6-12-8-9-23-16(12)22/h2-5,12H,6-10H2,1H3,(H,18,20,21). The predicted octanol–water partition coefficient (Wildman–Crippen LogP) is 2.72. The highest BCUT2D eigenvalue weighted by Gasteiger charge is 2.26. The second kappa shape index (κ2) is 7.53. The van der Waals surface area contributed by atoms with E-state index in [9.17, 15) is 9.59 Å². The number of ether oxygens (including phenoxy) is 1. The Hall–Kier alpha value is -2.28. The van der Waals surface area contributed by atoms with Crippen molar-refractivity contribution >= 4 is 28.3 Å². The molecule has 0 aliphatic carbocycles. The molecule has 1 saturated heterocycles. The Morgan fingerprint density at radius 2 is 2.21 bits per heavy atom. The molecule has 7 heteroatoms. The summed E-state index contributed by atoms with van der Waals surface area (Å²) in [4.78, 5) is 23.3. The molecule has 0 spiro atoms. The molecule has 6 nitrogen and oxygen atoms in total. The van der Waals surface area contributed by atoms with E-state index in [-0.39, 0.29) is 24.2 Å². The lowest BCUT2D eigenvalue weighted by Crippen LogP contribution is -2.15. The Morgan fingerprint density at radius 3 is 2.96 bits per heavy atom. The van der Waals surface area contributed by atoms with Gasteiger partial charge in [0.1, 0.15) is 5.01 Å². The molecule has 0 radical (unpaired) electrons. The average molecular weight is 345 g/mol. The SMILES string of the molecule is Cc1ccccc1Cc1nnc(NC(=O)CCC2CCOC2=O)s1. The summed E-state index contributed by atoms with van der Waals surface area (Å²) in [6, 6.07) is 8.13. The van der Waals surface area contributed by atoms with Crippen LogP contribution in [0.5, 0.6) is 0 Å². The molecule has 2 aromatic rings. The van der Waals surface area contributed by atoms with E-state index in [4.69, 9.17) is 4.74 Å². The van der Waals surface area contributed by atoms with Crippen molar-refractivity contribution in [2.45, 2.75) is 32.6 Å². The number of cyclic esters (lactones) is 1. The van der Waals surface area contributed by atoms with Gasteiger partial charge in [-0.1, -0.05) is 35.6 Å². The number of aromatic nitrogens is 2. The van der Waals surface area contributed by atoms with Crippen LogP contribution in [0.2, 0.25) is 0 Å². The van der Waals surface area contributed by atoms with Gasteiger partial charge in [-0.15, -0.1) is 10.2 Å². The van der Waals surface area contributed by atoms with Crippen LogP contribution in [0, 0.1) is 12.8 Å². The summed E-state index contributed by atoms with van der Waals surface area (Å²) in [7, 11) is 0. The summed E-state index contributed by atoms with van der Waals surface area (Å²) in [6.45, 7) is 2.52. The summed E-state index contributed by atoms with van der Waals surface area (Å²) in [6.07, 6.45) is 2.20. The van der Waals surface area contributed by atoms with Crippen molar-refractivity contribution in [1.82, 2.24) is 10.2 Å². The van der Waals surface area contributed by atoms with Gasteiger partial charge in [0.2, 0.25) is 11.0 Å². The topological polar surface area (TPSA) is 81.2 Å². The Morgan fingerprint density at radius 1 is 1.38 bits per heavy atom. The largest absolute Gasteiger partial charge is 0.465 e. The Balaban J connectivity index is 1.51. The van der Waals surface area contributed by atoms with Gasteiger partial charge in [0.05, 0.1) is 12.5 Å². The van der Waals surface area contributed by atoms with Crippen LogP contribution in [-0.2, 0) is 20.7 Å². The van der Waals surface area contributed by atoms with Gasteiger partial charge in [0.25, 0.3) is 0 Å². The maximum Gasteiger partial charge on any atom is 0.309 e. The van der Waals surface area contributed by atoms with Gasteiger partial charge in [-0.05, 0) is 30.9 Å². The number of nitrogens with zero attached hydrogens (tertiary/aromatic N) is 2. The van der Waals surface area contributed by atoms with Crippen LogP contribution in [-0.4, -0.2) is 28.7 Å². The highest BCUT2D eigenvalue weighted by atomic mass is 32.1. The van der Waals surface area contributed by atoms with Gasteiger partial charge in [-0.3, -0.25) is 9.59 Å². The normalized spacial score (nSPS) is 16.9. The van der Waals surface area contributed by atoms with Crippen LogP contribution in [0.25, 0.3) is 0 Å². The molecule has 3 rings (SSSR count). The number of nitrogens with one attached hydrogen (secondary N) is 1. The third-order valence-corrected chi connectivity index (χ3v) is 4.92. The number of amides is 1. The van der Waals surface area contributed by atoms with Gasteiger partial charge in [-0.2, -0.15) is 0 Å². The number of anilines is 1. The summed E-state index contributed by atoms with van der Waals surface area (Å²) in [5.74, 6) is -0.491. The molecule has 0 saturated carbocycles. The van der Waals surface area contributed by atoms with Crippen molar-refractivity contribution in [2.24, 2.45) is 5.92 Å². The van der Waals surface area contributed by atoms with Crippen LogP contribution in [0.4, 0.5) is 5.13 Å². The van der Waals surface area contributed by atoms with E-state index >= 15 is 0 Å². The Labute approximate surface area is 144 Å². The second-order valence-corrected chi connectivity index (χ2v) is 6.91. The lowest BCUT2D eigenvalue weighted by Gasteiger charge is -2.04. The minimum Gasteiger partial charge on any atom is -0.465 e. The van der Waals surface area contributed by atoms with E-state index in [0.29, 0.717) is 31.0 Å². The van der Waals surface area contributed by atoms with Crippen molar-refractivity contribution in [3.63, 3.8) is 0 Å². The number of hydrogen-bond acceptors (Lipinski definition) is 6. The molecule has 2 heterocycles. The van der Waals surface area contributed by atoms with Crippen LogP contribution >= 0.6 is 11.3 Å². The first kappa shape index (κ1) is 16.6. The van der Waals surface area contributed by atoms with Crippen LogP contribution in [0.3, 0.4) is 0 Å². The summed E-state index contributed by atoms with van der Waals surface area (Å²) >= 11 is 1.38. The van der Waals surface area contributed by atoms with Crippen molar-refractivity contribution in [2.75, 3.05) is 11.9 Å². The molecular weight excluding hydrogens is 326 g/mol. The highest BCUT2D eigenvalue weighted by molar-refractivity contribution is 7.15. The van der Waals surface area contributed by atoms with Crippen LogP contribution in [0.1, 0.15) is 35.4 Å². The fourth-order valence-corrected chi connectivity index (χ4v) is 3.41. The van der Waals surface area contributed by atoms with Crippen molar-refractivity contribution in [3.05, 3.63) is 40.4 Å². The molecule has 24 heavy (non-hydrogen) atoms. The second-order valence-electron chi connectivity index (χ2n) is 5.84. The number of benzene rings is 1. The number of rotatable bonds is 6. The van der Waals surface area contributed by atoms with E-state index < -0.39 is 0 Å². The number of hydrogen-bond donors (Lipinski definition) is 1. The van der Waals surface area contributed by atoms with Gasteiger partial charge < -0.3 is 10.1 Å². The van der Waals surface area contributed by atoms with E-state index in [1.54, 1.807) is 0 Å². The predicted molar refractivity (Wildman–Crippen MR) is 90.8 cm³/mol. The molecule has 1 amide bonds. The molecule has 1 aromatic carbocycles. The zero-order chi connectivity index (χ0) is 16.9. The van der Waals surface area contributed by atoms with Crippen molar-refractivity contribution < 1.29 is 14.3 Å². The molecule has 1 unspecified atom stereocenters. The minimum absolute atomic E-state index is 0.145. The Kier molecular flexibility index (Phi) is 5.20. The zero-order valence-electron chi connectivity index (χ0n) is 13.4. The number of carbonyl (C=O) groups is 2. The summed E-state index contributed by atoms with van der Waals surface area (Å²) < 4.78 is 4.89.